The Labute approximate surface area is 151 Å². The van der Waals surface area contributed by atoms with Crippen molar-refractivity contribution in [3.8, 4) is 5.75 Å². The average molecular weight is 362 g/mol. The largest absolute Gasteiger partial charge is 0.496 e. The van der Waals surface area contributed by atoms with Gasteiger partial charge in [0.05, 0.1) is 13.5 Å². The summed E-state index contributed by atoms with van der Waals surface area (Å²) in [4.78, 5) is 24.3. The normalized spacial score (nSPS) is 11.5. The van der Waals surface area contributed by atoms with Crippen molar-refractivity contribution >= 4 is 29.2 Å². The van der Waals surface area contributed by atoms with Crippen molar-refractivity contribution < 1.29 is 19.1 Å². The molecule has 0 aliphatic heterocycles. The highest BCUT2D eigenvalue weighted by Gasteiger charge is 2.19. The second-order valence-corrected chi connectivity index (χ2v) is 6.06. The number of aryl methyl sites for hydroxylation is 1. The summed E-state index contributed by atoms with van der Waals surface area (Å²) in [5, 5.41) is 3.22. The molecule has 2 rings (SSSR count). The lowest BCUT2D eigenvalue weighted by Crippen LogP contribution is -2.30. The Morgan fingerprint density at radius 3 is 2.64 bits per heavy atom. The minimum Gasteiger partial charge on any atom is -0.496 e. The average Bonchev–Trinajstić information content (AvgIpc) is 2.55. The van der Waals surface area contributed by atoms with E-state index in [0.717, 1.165) is 5.56 Å². The summed E-state index contributed by atoms with van der Waals surface area (Å²) in [6, 6.07) is 12.4. The molecule has 25 heavy (non-hydrogen) atoms. The van der Waals surface area contributed by atoms with Gasteiger partial charge in [0.15, 0.2) is 6.10 Å². The van der Waals surface area contributed by atoms with E-state index < -0.39 is 18.0 Å². The Kier molecular flexibility index (Phi) is 6.42. The van der Waals surface area contributed by atoms with E-state index in [1.807, 2.05) is 25.1 Å². The van der Waals surface area contributed by atoms with Gasteiger partial charge in [0.1, 0.15) is 5.75 Å². The van der Waals surface area contributed by atoms with E-state index >= 15 is 0 Å². The molecular weight excluding hydrogens is 342 g/mol. The third-order valence-electron chi connectivity index (χ3n) is 3.54. The van der Waals surface area contributed by atoms with Crippen molar-refractivity contribution in [1.82, 2.24) is 0 Å². The quantitative estimate of drug-likeness (QED) is 0.795. The number of halogens is 1. The zero-order valence-electron chi connectivity index (χ0n) is 14.3. The number of nitrogens with one attached hydrogen (secondary N) is 1. The number of esters is 1. The molecule has 1 atom stereocenters. The first kappa shape index (κ1) is 18.8. The lowest BCUT2D eigenvalue weighted by Gasteiger charge is -2.14. The van der Waals surface area contributed by atoms with Crippen LogP contribution in [0.4, 0.5) is 5.69 Å². The summed E-state index contributed by atoms with van der Waals surface area (Å²) < 4.78 is 10.4. The van der Waals surface area contributed by atoms with Gasteiger partial charge in [-0.1, -0.05) is 23.7 Å². The van der Waals surface area contributed by atoms with Crippen LogP contribution < -0.4 is 10.1 Å². The van der Waals surface area contributed by atoms with Crippen LogP contribution in [0.3, 0.4) is 0 Å². The minimum absolute atomic E-state index is 0.0359. The first-order chi connectivity index (χ1) is 11.9. The lowest BCUT2D eigenvalue weighted by atomic mass is 10.1. The van der Waals surface area contributed by atoms with Crippen molar-refractivity contribution in [2.75, 3.05) is 12.4 Å². The van der Waals surface area contributed by atoms with Crippen molar-refractivity contribution in [3.05, 3.63) is 58.6 Å². The fourth-order valence-electron chi connectivity index (χ4n) is 2.30. The number of carbonyl (C=O) groups is 2. The molecule has 0 aromatic heterocycles. The monoisotopic (exact) mass is 361 g/mol. The van der Waals surface area contributed by atoms with Gasteiger partial charge in [0.25, 0.3) is 5.91 Å². The van der Waals surface area contributed by atoms with E-state index in [4.69, 9.17) is 21.1 Å². The van der Waals surface area contributed by atoms with Gasteiger partial charge in [0, 0.05) is 16.3 Å². The maximum atomic E-state index is 12.2. The van der Waals surface area contributed by atoms with E-state index in [0.29, 0.717) is 22.0 Å². The summed E-state index contributed by atoms with van der Waals surface area (Å²) >= 11 is 5.94. The first-order valence-electron chi connectivity index (χ1n) is 7.78. The van der Waals surface area contributed by atoms with Gasteiger partial charge in [-0.2, -0.15) is 0 Å². The molecule has 132 valence electrons. The van der Waals surface area contributed by atoms with Crippen molar-refractivity contribution in [1.29, 1.82) is 0 Å². The van der Waals surface area contributed by atoms with Crippen LogP contribution in [0, 0.1) is 6.92 Å². The summed E-state index contributed by atoms with van der Waals surface area (Å²) in [5.74, 6) is -0.386. The van der Waals surface area contributed by atoms with Gasteiger partial charge >= 0.3 is 5.97 Å². The van der Waals surface area contributed by atoms with E-state index in [2.05, 4.69) is 5.32 Å². The summed E-state index contributed by atoms with van der Waals surface area (Å²) in [7, 11) is 1.51. The number of amides is 1. The van der Waals surface area contributed by atoms with Gasteiger partial charge in [0.2, 0.25) is 0 Å². The number of rotatable bonds is 6. The Morgan fingerprint density at radius 1 is 1.20 bits per heavy atom. The minimum atomic E-state index is -0.918. The number of benzene rings is 2. The van der Waals surface area contributed by atoms with Gasteiger partial charge < -0.3 is 14.8 Å². The molecule has 0 saturated heterocycles. The van der Waals surface area contributed by atoms with Crippen LogP contribution in [0.2, 0.25) is 5.02 Å². The molecule has 0 saturated carbocycles. The van der Waals surface area contributed by atoms with Crippen molar-refractivity contribution in [2.24, 2.45) is 0 Å². The van der Waals surface area contributed by atoms with Crippen LogP contribution in [-0.2, 0) is 20.7 Å². The van der Waals surface area contributed by atoms with Crippen LogP contribution in [0.15, 0.2) is 42.5 Å². The molecule has 0 spiro atoms. The second-order valence-electron chi connectivity index (χ2n) is 5.62. The Hall–Kier alpha value is -2.53. The molecule has 0 radical (unpaired) electrons. The summed E-state index contributed by atoms with van der Waals surface area (Å²) in [5.41, 5.74) is 2.28. The molecule has 6 heteroatoms. The third kappa shape index (κ3) is 5.50. The predicted octanol–water partition coefficient (Wildman–Crippen LogP) is 3.77. The van der Waals surface area contributed by atoms with E-state index in [1.165, 1.54) is 14.0 Å². The predicted molar refractivity (Wildman–Crippen MR) is 97.1 cm³/mol. The standard InChI is InChI=1S/C19H20ClNO4/c1-12-5-4-6-16(9-12)21-19(23)13(2)25-18(22)11-14-10-15(20)7-8-17(14)24-3/h4-10,13H,11H2,1-3H3,(H,21,23)/t13-/m1/s1. The van der Waals surface area contributed by atoms with E-state index in [9.17, 15) is 9.59 Å². The van der Waals surface area contributed by atoms with Crippen LogP contribution >= 0.6 is 11.6 Å². The molecule has 0 unspecified atom stereocenters. The molecule has 1 N–H and O–H groups in total. The molecular formula is C19H20ClNO4. The highest BCUT2D eigenvalue weighted by molar-refractivity contribution is 6.30. The second kappa shape index (κ2) is 8.53. The molecule has 1 amide bonds. The maximum Gasteiger partial charge on any atom is 0.311 e. The highest BCUT2D eigenvalue weighted by Crippen LogP contribution is 2.23. The van der Waals surface area contributed by atoms with Crippen molar-refractivity contribution in [2.45, 2.75) is 26.4 Å². The Morgan fingerprint density at radius 2 is 1.96 bits per heavy atom. The molecule has 2 aromatic rings. The van der Waals surface area contributed by atoms with Gasteiger partial charge in [-0.05, 0) is 49.7 Å². The van der Waals surface area contributed by atoms with E-state index in [-0.39, 0.29) is 6.42 Å². The van der Waals surface area contributed by atoms with Crippen LogP contribution in [0.1, 0.15) is 18.1 Å². The Bertz CT molecular complexity index is 776. The SMILES string of the molecule is COc1ccc(Cl)cc1CC(=O)O[C@H](C)C(=O)Nc1cccc(C)c1. The highest BCUT2D eigenvalue weighted by atomic mass is 35.5. The van der Waals surface area contributed by atoms with Crippen LogP contribution in [0.5, 0.6) is 5.75 Å². The lowest BCUT2D eigenvalue weighted by molar-refractivity contribution is -0.152. The summed E-state index contributed by atoms with van der Waals surface area (Å²) in [6.45, 7) is 3.45. The van der Waals surface area contributed by atoms with Gasteiger partial charge in [-0.3, -0.25) is 9.59 Å². The van der Waals surface area contributed by atoms with Crippen LogP contribution in [-0.4, -0.2) is 25.1 Å². The van der Waals surface area contributed by atoms with Gasteiger partial charge in [-0.15, -0.1) is 0 Å². The van der Waals surface area contributed by atoms with Gasteiger partial charge in [-0.25, -0.2) is 0 Å². The fourth-order valence-corrected chi connectivity index (χ4v) is 2.49. The number of methoxy groups -OCH3 is 1. The number of hydrogen-bond donors (Lipinski definition) is 1. The summed E-state index contributed by atoms with van der Waals surface area (Å²) in [6.07, 6.45) is -0.954. The number of hydrogen-bond acceptors (Lipinski definition) is 4. The number of anilines is 1. The molecule has 0 bridgehead atoms. The molecule has 5 nitrogen and oxygen atoms in total. The maximum absolute atomic E-state index is 12.2. The van der Waals surface area contributed by atoms with Crippen LogP contribution in [0.25, 0.3) is 0 Å². The molecule has 0 aliphatic rings. The topological polar surface area (TPSA) is 64.6 Å². The molecule has 0 aliphatic carbocycles. The molecule has 0 fully saturated rings. The molecule has 0 heterocycles. The zero-order valence-corrected chi connectivity index (χ0v) is 15.1. The zero-order chi connectivity index (χ0) is 18.4. The fraction of sp³-hybridized carbons (Fsp3) is 0.263. The molecule has 2 aromatic carbocycles. The Balaban J connectivity index is 1.95. The first-order valence-corrected chi connectivity index (χ1v) is 8.16. The number of ether oxygens (including phenoxy) is 2. The third-order valence-corrected chi connectivity index (χ3v) is 3.78. The van der Waals surface area contributed by atoms with Crippen molar-refractivity contribution in [3.63, 3.8) is 0 Å². The van der Waals surface area contributed by atoms with E-state index in [1.54, 1.807) is 24.3 Å². The smallest absolute Gasteiger partial charge is 0.311 e. The number of carbonyl (C=O) groups excluding carboxylic acids is 2.